The van der Waals surface area contributed by atoms with Crippen LogP contribution in [0.3, 0.4) is 0 Å². The molecule has 1 aliphatic carbocycles. The SMILES string of the molecule is Cc1cc(/C(=C/C=C2\C(=O)C=Cc3ccccc32)c2ccccc2)ccc1N1CCCC1.Cc1cc(C2(c3ccccc3)C=Cc3c(ccc4ccccc34)O2)ccc1N1CCCC1.[2HH]. The van der Waals surface area contributed by atoms with Gasteiger partial charge in [0, 0.05) is 61.2 Å². The van der Waals surface area contributed by atoms with Gasteiger partial charge in [-0.2, -0.15) is 0 Å². The van der Waals surface area contributed by atoms with Crippen LogP contribution in [0, 0.1) is 13.8 Å². The normalized spacial score (nSPS) is 18.4. The van der Waals surface area contributed by atoms with E-state index in [0.717, 1.165) is 70.9 Å². The number of fused-ring (bicyclic) bond motifs is 4. The second-order valence-electron chi connectivity index (χ2n) is 17.4. The van der Waals surface area contributed by atoms with E-state index in [4.69, 9.17) is 4.74 Å². The second-order valence-corrected chi connectivity index (χ2v) is 17.4. The molecule has 7 aromatic rings. The van der Waals surface area contributed by atoms with E-state index in [1.807, 2.05) is 42.5 Å². The highest BCUT2D eigenvalue weighted by molar-refractivity contribution is 6.30. The maximum absolute atomic E-state index is 12.7. The van der Waals surface area contributed by atoms with Gasteiger partial charge in [-0.3, -0.25) is 4.79 Å². The number of aryl methyl sites for hydroxylation is 2. The van der Waals surface area contributed by atoms with Gasteiger partial charge in [-0.25, -0.2) is 0 Å². The highest BCUT2D eigenvalue weighted by atomic mass is 16.5. The van der Waals surface area contributed by atoms with E-state index in [-0.39, 0.29) is 7.21 Å². The number of ether oxygens (including phenoxy) is 1. The van der Waals surface area contributed by atoms with Crippen LogP contribution in [0.15, 0.2) is 182 Å². The van der Waals surface area contributed by atoms with E-state index >= 15 is 0 Å². The van der Waals surface area contributed by atoms with Crippen molar-refractivity contribution in [1.29, 1.82) is 0 Å². The second kappa shape index (κ2) is 17.9. The van der Waals surface area contributed by atoms with Crippen molar-refractivity contribution in [3.63, 3.8) is 0 Å². The van der Waals surface area contributed by atoms with Crippen molar-refractivity contribution in [2.45, 2.75) is 45.1 Å². The number of hydrogen-bond donors (Lipinski definition) is 0. The molecule has 0 saturated carbocycles. The van der Waals surface area contributed by atoms with E-state index in [2.05, 4.69) is 169 Å². The van der Waals surface area contributed by atoms with Gasteiger partial charge in [0.25, 0.3) is 0 Å². The summed E-state index contributed by atoms with van der Waals surface area (Å²) in [6.07, 6.45) is 17.2. The number of benzene rings is 7. The standard InChI is InChI=1S/2C30H27NO.H2/c1-22-21-25(14-15-28(22)31-19-7-8-20-31)30(24-10-3-2-4-11-24)18-17-27-26-12-6-5-9-23(26)13-16-29(27)32-30;1-22-21-25(13-17-29(22)31-19-7-8-20-31)26(23-9-3-2-4-10-23)15-16-28-27-12-6-5-11-24(27)14-18-30(28)32;/h2*2-6,9-18,21H,7-8,19-20H2,1H3;1H/b;26-15+,28-16-;/i;;1+1. The minimum atomic E-state index is -0.648. The summed E-state index contributed by atoms with van der Waals surface area (Å²) in [4.78, 5) is 17.7. The molecular weight excluding hydrogens is 781 g/mol. The van der Waals surface area contributed by atoms with E-state index < -0.39 is 5.60 Å². The summed E-state index contributed by atoms with van der Waals surface area (Å²) in [5, 5.41) is 2.46. The Morgan fingerprint density at radius 2 is 1.23 bits per heavy atom. The fourth-order valence-corrected chi connectivity index (χ4v) is 10.0. The van der Waals surface area contributed by atoms with Crippen molar-refractivity contribution in [2.24, 2.45) is 0 Å². The Morgan fingerprint density at radius 1 is 0.594 bits per heavy atom. The average molecular weight is 838 g/mol. The third-order valence-corrected chi connectivity index (χ3v) is 13.3. The molecule has 11 rings (SSSR count). The molecule has 0 spiro atoms. The van der Waals surface area contributed by atoms with Crippen molar-refractivity contribution in [3.8, 4) is 5.75 Å². The fourth-order valence-electron chi connectivity index (χ4n) is 10.0. The Kier molecular flexibility index (Phi) is 11.4. The lowest BCUT2D eigenvalue weighted by molar-refractivity contribution is -0.109. The zero-order valence-electron chi connectivity index (χ0n) is 36.8. The minimum absolute atomic E-state index is 0. The maximum atomic E-state index is 12.7. The predicted octanol–water partition coefficient (Wildman–Crippen LogP) is 14.1. The molecule has 4 aliphatic rings. The first kappa shape index (κ1) is 40.9. The van der Waals surface area contributed by atoms with Crippen LogP contribution in [0.2, 0.25) is 0 Å². The zero-order chi connectivity index (χ0) is 43.5. The summed E-state index contributed by atoms with van der Waals surface area (Å²) in [7, 11) is 0. The van der Waals surface area contributed by atoms with Crippen LogP contribution in [0.5, 0.6) is 5.75 Å². The van der Waals surface area contributed by atoms with Crippen molar-refractivity contribution in [1.82, 2.24) is 0 Å². The van der Waals surface area contributed by atoms with E-state index in [0.29, 0.717) is 0 Å². The van der Waals surface area contributed by atoms with Gasteiger partial charge in [-0.05, 0) is 144 Å². The highest BCUT2D eigenvalue weighted by Gasteiger charge is 2.38. The summed E-state index contributed by atoms with van der Waals surface area (Å²) in [5.41, 5.74) is 14.3. The van der Waals surface area contributed by atoms with Crippen molar-refractivity contribution in [2.75, 3.05) is 36.0 Å². The molecule has 0 bridgehead atoms. The first-order chi connectivity index (χ1) is 31.4. The van der Waals surface area contributed by atoms with Crippen LogP contribution in [0.1, 0.15) is 77.2 Å². The number of hydrogen-bond acceptors (Lipinski definition) is 4. The molecule has 4 nitrogen and oxygen atoms in total. The van der Waals surface area contributed by atoms with Gasteiger partial charge in [0.1, 0.15) is 5.75 Å². The Bertz CT molecular complexity index is 2970. The number of ketones is 1. The molecule has 64 heavy (non-hydrogen) atoms. The van der Waals surface area contributed by atoms with Gasteiger partial charge in [0.05, 0.1) is 0 Å². The van der Waals surface area contributed by atoms with Gasteiger partial charge in [0.2, 0.25) is 0 Å². The lowest BCUT2D eigenvalue weighted by Gasteiger charge is -2.37. The first-order valence-corrected chi connectivity index (χ1v) is 22.9. The summed E-state index contributed by atoms with van der Waals surface area (Å²) >= 11 is 0. The average Bonchev–Trinajstić information content (AvgIpc) is 4.09. The van der Waals surface area contributed by atoms with Gasteiger partial charge < -0.3 is 14.5 Å². The van der Waals surface area contributed by atoms with Crippen LogP contribution >= 0.6 is 0 Å². The van der Waals surface area contributed by atoms with Crippen LogP contribution < -0.4 is 14.5 Å². The topological polar surface area (TPSA) is 32.8 Å². The Balaban J connectivity index is 0.000000161. The molecule has 0 aromatic heterocycles. The Morgan fingerprint density at radius 3 is 1.95 bits per heavy atom. The lowest BCUT2D eigenvalue weighted by Crippen LogP contribution is -2.34. The summed E-state index contributed by atoms with van der Waals surface area (Å²) in [6, 6.07) is 55.4. The van der Waals surface area contributed by atoms with Gasteiger partial charge in [-0.15, -0.1) is 0 Å². The minimum Gasteiger partial charge on any atom is -0.473 e. The highest BCUT2D eigenvalue weighted by Crippen LogP contribution is 2.45. The molecule has 7 aromatic carbocycles. The van der Waals surface area contributed by atoms with E-state index in [1.165, 1.54) is 70.1 Å². The molecule has 318 valence electrons. The molecule has 1 unspecified atom stereocenters. The van der Waals surface area contributed by atoms with Crippen LogP contribution in [0.25, 0.3) is 34.1 Å². The molecule has 3 aliphatic heterocycles. The Hall–Kier alpha value is -7.17. The van der Waals surface area contributed by atoms with E-state index in [9.17, 15) is 4.79 Å². The Labute approximate surface area is 379 Å². The monoisotopic (exact) mass is 837 g/mol. The third kappa shape index (κ3) is 8.01. The van der Waals surface area contributed by atoms with Gasteiger partial charge in [0.15, 0.2) is 11.4 Å². The number of rotatable bonds is 7. The molecular formula is C60H56N2O2. The lowest BCUT2D eigenvalue weighted by atomic mass is 9.82. The molecule has 1 atom stereocenters. The summed E-state index contributed by atoms with van der Waals surface area (Å²) in [5.74, 6) is 0.976. The third-order valence-electron chi connectivity index (χ3n) is 13.3. The van der Waals surface area contributed by atoms with Gasteiger partial charge >= 0.3 is 0 Å². The molecule has 2 fully saturated rings. The molecule has 4 heteroatoms. The van der Waals surface area contributed by atoms with Gasteiger partial charge in [-0.1, -0.05) is 140 Å². The first-order valence-electron chi connectivity index (χ1n) is 22.9. The molecule has 3 heterocycles. The van der Waals surface area contributed by atoms with Crippen LogP contribution in [-0.4, -0.2) is 32.0 Å². The van der Waals surface area contributed by atoms with Crippen LogP contribution in [-0.2, 0) is 10.4 Å². The number of allylic oxidation sites excluding steroid dienone is 4. The number of carbonyl (C=O) groups is 1. The summed E-state index contributed by atoms with van der Waals surface area (Å²) in [6.45, 7) is 9.01. The smallest absolute Gasteiger partial charge is 0.186 e. The molecule has 0 N–H and O–H groups in total. The molecule has 0 amide bonds. The van der Waals surface area contributed by atoms with E-state index in [1.54, 1.807) is 6.08 Å². The van der Waals surface area contributed by atoms with Crippen molar-refractivity contribution >= 4 is 51.2 Å². The summed E-state index contributed by atoms with van der Waals surface area (Å²) < 4.78 is 6.92. The fraction of sp³-hybridized carbons (Fsp3) is 0.183. The zero-order valence-corrected chi connectivity index (χ0v) is 36.8. The number of anilines is 2. The largest absolute Gasteiger partial charge is 0.473 e. The quantitative estimate of drug-likeness (QED) is 0.150. The van der Waals surface area contributed by atoms with Crippen molar-refractivity contribution in [3.05, 3.63) is 232 Å². The van der Waals surface area contributed by atoms with Crippen LogP contribution in [0.4, 0.5) is 11.4 Å². The maximum Gasteiger partial charge on any atom is 0.186 e. The number of nitrogens with zero attached hydrogens (tertiary/aromatic N) is 2. The number of carbonyl (C=O) groups excluding carboxylic acids is 1. The molecule has 2 saturated heterocycles. The predicted molar refractivity (Wildman–Crippen MR) is 270 cm³/mol. The molecule has 0 radical (unpaired) electrons. The van der Waals surface area contributed by atoms with Crippen molar-refractivity contribution < 1.29 is 11.0 Å².